The Kier molecular flexibility index (Phi) is 4.30. The molecule has 8 heteroatoms. The van der Waals surface area contributed by atoms with Gasteiger partial charge in [-0.3, -0.25) is 14.3 Å². The number of carbonyl (C=O) groups is 1. The number of amides is 1. The summed E-state index contributed by atoms with van der Waals surface area (Å²) in [6.45, 7) is 4.64. The lowest BCUT2D eigenvalue weighted by Crippen LogP contribution is -2.49. The van der Waals surface area contributed by atoms with Gasteiger partial charge in [0.2, 0.25) is 0 Å². The average molecular weight is 349 g/mol. The lowest BCUT2D eigenvalue weighted by atomic mass is 10.2. The Morgan fingerprint density at radius 2 is 1.85 bits per heavy atom. The summed E-state index contributed by atoms with van der Waals surface area (Å²) in [5, 5.41) is 0. The van der Waals surface area contributed by atoms with Gasteiger partial charge in [-0.15, -0.1) is 0 Å². The van der Waals surface area contributed by atoms with E-state index in [4.69, 9.17) is 0 Å². The first kappa shape index (κ1) is 16.2. The Hall–Kier alpha value is -3.29. The average Bonchev–Trinajstić information content (AvgIpc) is 3.23. The van der Waals surface area contributed by atoms with Gasteiger partial charge in [0.1, 0.15) is 23.8 Å². The highest BCUT2D eigenvalue weighted by atomic mass is 16.2. The molecule has 0 unspecified atom stereocenters. The van der Waals surface area contributed by atoms with E-state index in [0.29, 0.717) is 24.5 Å². The molecule has 4 heterocycles. The van der Waals surface area contributed by atoms with E-state index in [-0.39, 0.29) is 5.91 Å². The van der Waals surface area contributed by atoms with Crippen molar-refractivity contribution in [1.29, 1.82) is 0 Å². The van der Waals surface area contributed by atoms with Crippen molar-refractivity contribution >= 4 is 11.7 Å². The minimum Gasteiger partial charge on any atom is -0.353 e. The predicted octanol–water partition coefficient (Wildman–Crippen LogP) is 1.33. The van der Waals surface area contributed by atoms with Crippen LogP contribution in [0.5, 0.6) is 0 Å². The molecule has 4 rings (SSSR count). The molecule has 3 aromatic heterocycles. The van der Waals surface area contributed by atoms with Crippen molar-refractivity contribution in [3.8, 4) is 5.82 Å². The van der Waals surface area contributed by atoms with E-state index in [2.05, 4.69) is 24.8 Å². The normalized spacial score (nSPS) is 14.5. The van der Waals surface area contributed by atoms with Crippen LogP contribution >= 0.6 is 0 Å². The molecular formula is C18H19N7O. The van der Waals surface area contributed by atoms with Gasteiger partial charge < -0.3 is 9.80 Å². The molecule has 0 spiro atoms. The van der Waals surface area contributed by atoms with Crippen LogP contribution in [0.2, 0.25) is 0 Å². The van der Waals surface area contributed by atoms with E-state index in [0.717, 1.165) is 24.7 Å². The Balaban J connectivity index is 1.47. The molecule has 1 aliphatic rings. The number of hydrogen-bond donors (Lipinski definition) is 0. The molecule has 0 atom stereocenters. The molecule has 1 fully saturated rings. The molecule has 1 aliphatic heterocycles. The topological polar surface area (TPSA) is 80.0 Å². The minimum absolute atomic E-state index is 0.0238. The molecule has 1 saturated heterocycles. The highest BCUT2D eigenvalue weighted by Crippen LogP contribution is 2.18. The maximum Gasteiger partial charge on any atom is 0.255 e. The molecule has 26 heavy (non-hydrogen) atoms. The summed E-state index contributed by atoms with van der Waals surface area (Å²) in [6, 6.07) is 5.53. The summed E-state index contributed by atoms with van der Waals surface area (Å²) in [4.78, 5) is 33.7. The van der Waals surface area contributed by atoms with Crippen LogP contribution in [0.4, 0.5) is 5.82 Å². The highest BCUT2D eigenvalue weighted by Gasteiger charge is 2.23. The van der Waals surface area contributed by atoms with Crippen LogP contribution in [-0.2, 0) is 0 Å². The predicted molar refractivity (Wildman–Crippen MR) is 96.2 cm³/mol. The zero-order valence-electron chi connectivity index (χ0n) is 14.5. The van der Waals surface area contributed by atoms with Crippen molar-refractivity contribution < 1.29 is 4.79 Å². The van der Waals surface area contributed by atoms with Crippen molar-refractivity contribution in [2.45, 2.75) is 6.92 Å². The third-order valence-electron chi connectivity index (χ3n) is 4.38. The molecular weight excluding hydrogens is 330 g/mol. The smallest absolute Gasteiger partial charge is 0.255 e. The van der Waals surface area contributed by atoms with Gasteiger partial charge in [0.25, 0.3) is 5.91 Å². The summed E-state index contributed by atoms with van der Waals surface area (Å²) in [5.74, 6) is 2.39. The summed E-state index contributed by atoms with van der Waals surface area (Å²) in [5.41, 5.74) is 0.626. The van der Waals surface area contributed by atoms with Crippen LogP contribution in [0.25, 0.3) is 5.82 Å². The van der Waals surface area contributed by atoms with E-state index < -0.39 is 0 Å². The number of piperazine rings is 1. The molecule has 0 aliphatic carbocycles. The maximum atomic E-state index is 12.5. The number of pyridine rings is 1. The van der Waals surface area contributed by atoms with E-state index in [1.54, 1.807) is 37.1 Å². The van der Waals surface area contributed by atoms with E-state index in [1.165, 1.54) is 0 Å². The maximum absolute atomic E-state index is 12.5. The van der Waals surface area contributed by atoms with E-state index in [9.17, 15) is 4.79 Å². The van der Waals surface area contributed by atoms with Gasteiger partial charge >= 0.3 is 0 Å². The largest absolute Gasteiger partial charge is 0.353 e. The van der Waals surface area contributed by atoms with Gasteiger partial charge in [0.15, 0.2) is 0 Å². The fourth-order valence-electron chi connectivity index (χ4n) is 3.04. The number of aromatic nitrogens is 5. The third-order valence-corrected chi connectivity index (χ3v) is 4.38. The van der Waals surface area contributed by atoms with Crippen LogP contribution in [-0.4, -0.2) is 61.5 Å². The summed E-state index contributed by atoms with van der Waals surface area (Å²) in [7, 11) is 0. The van der Waals surface area contributed by atoms with Gasteiger partial charge in [0.05, 0.1) is 5.56 Å². The SMILES string of the molecule is Cc1nc(N2CCN(C(=O)c3cccnc3)CC2)cc(-n2ccnc2)n1. The monoisotopic (exact) mass is 349 g/mol. The van der Waals surface area contributed by atoms with Crippen LogP contribution in [0, 0.1) is 6.92 Å². The molecule has 132 valence electrons. The molecule has 1 amide bonds. The number of anilines is 1. The van der Waals surface area contributed by atoms with Crippen LogP contribution < -0.4 is 4.90 Å². The van der Waals surface area contributed by atoms with Crippen molar-refractivity contribution in [2.75, 3.05) is 31.1 Å². The molecule has 0 aromatic carbocycles. The van der Waals surface area contributed by atoms with Crippen molar-refractivity contribution in [1.82, 2.24) is 29.4 Å². The van der Waals surface area contributed by atoms with Crippen LogP contribution in [0.15, 0.2) is 49.3 Å². The molecule has 0 radical (unpaired) electrons. The van der Waals surface area contributed by atoms with Gasteiger partial charge in [-0.25, -0.2) is 15.0 Å². The lowest BCUT2D eigenvalue weighted by Gasteiger charge is -2.35. The zero-order valence-corrected chi connectivity index (χ0v) is 14.5. The zero-order chi connectivity index (χ0) is 17.9. The van der Waals surface area contributed by atoms with Gasteiger partial charge in [-0.2, -0.15) is 0 Å². The third kappa shape index (κ3) is 3.26. The number of rotatable bonds is 3. The number of imidazole rings is 1. The second kappa shape index (κ2) is 6.91. The molecule has 0 bridgehead atoms. The van der Waals surface area contributed by atoms with E-state index in [1.807, 2.05) is 28.7 Å². The highest BCUT2D eigenvalue weighted by molar-refractivity contribution is 5.94. The van der Waals surface area contributed by atoms with Gasteiger partial charge in [-0.1, -0.05) is 0 Å². The first-order valence-corrected chi connectivity index (χ1v) is 8.49. The Labute approximate surface area is 151 Å². The van der Waals surface area contributed by atoms with Crippen molar-refractivity contribution in [2.24, 2.45) is 0 Å². The van der Waals surface area contributed by atoms with E-state index >= 15 is 0 Å². The lowest BCUT2D eigenvalue weighted by molar-refractivity contribution is 0.0746. The molecule has 0 N–H and O–H groups in total. The summed E-state index contributed by atoms with van der Waals surface area (Å²) >= 11 is 0. The first-order chi connectivity index (χ1) is 12.7. The van der Waals surface area contributed by atoms with Crippen LogP contribution in [0.1, 0.15) is 16.2 Å². The standard InChI is InChI=1S/C18H19N7O/c1-14-21-16(11-17(22-14)25-6-5-20-13-25)23-7-9-24(10-8-23)18(26)15-3-2-4-19-12-15/h2-6,11-13H,7-10H2,1H3. The number of hydrogen-bond acceptors (Lipinski definition) is 6. The summed E-state index contributed by atoms with van der Waals surface area (Å²) < 4.78 is 1.86. The number of aryl methyl sites for hydroxylation is 1. The Bertz CT molecular complexity index is 887. The van der Waals surface area contributed by atoms with Crippen molar-refractivity contribution in [3.05, 3.63) is 60.7 Å². The van der Waals surface area contributed by atoms with Crippen molar-refractivity contribution in [3.63, 3.8) is 0 Å². The first-order valence-electron chi connectivity index (χ1n) is 8.49. The molecule has 0 saturated carbocycles. The number of carbonyl (C=O) groups excluding carboxylic acids is 1. The molecule has 3 aromatic rings. The second-order valence-corrected chi connectivity index (χ2v) is 6.12. The second-order valence-electron chi connectivity index (χ2n) is 6.12. The Morgan fingerprint density at radius 1 is 1.04 bits per heavy atom. The molecule has 8 nitrogen and oxygen atoms in total. The van der Waals surface area contributed by atoms with Gasteiger partial charge in [0, 0.05) is 57.0 Å². The minimum atomic E-state index is 0.0238. The fraction of sp³-hybridized carbons (Fsp3) is 0.278. The number of nitrogens with zero attached hydrogens (tertiary/aromatic N) is 7. The van der Waals surface area contributed by atoms with Crippen LogP contribution in [0.3, 0.4) is 0 Å². The summed E-state index contributed by atoms with van der Waals surface area (Å²) in [6.07, 6.45) is 8.58. The quantitative estimate of drug-likeness (QED) is 0.710. The van der Waals surface area contributed by atoms with Gasteiger partial charge in [-0.05, 0) is 19.1 Å². The Morgan fingerprint density at radius 3 is 2.54 bits per heavy atom. The fourth-order valence-corrected chi connectivity index (χ4v) is 3.04.